The first kappa shape index (κ1) is 16.2. The lowest BCUT2D eigenvalue weighted by atomic mass is 10.2. The summed E-state index contributed by atoms with van der Waals surface area (Å²) in [4.78, 5) is 13.1. The van der Waals surface area contributed by atoms with Gasteiger partial charge in [0, 0.05) is 15.8 Å². The van der Waals surface area contributed by atoms with E-state index in [1.807, 2.05) is 19.1 Å². The summed E-state index contributed by atoms with van der Waals surface area (Å²) in [6, 6.07) is 6.34. The number of hydrogen-bond donors (Lipinski definition) is 2. The van der Waals surface area contributed by atoms with E-state index in [-0.39, 0.29) is 15.1 Å². The van der Waals surface area contributed by atoms with E-state index in [0.29, 0.717) is 6.42 Å². The second-order valence-corrected chi connectivity index (χ2v) is 9.06. The van der Waals surface area contributed by atoms with Gasteiger partial charge in [-0.15, -0.1) is 22.7 Å². The van der Waals surface area contributed by atoms with Gasteiger partial charge in [0.2, 0.25) is 10.0 Å². The number of carbonyl (C=O) groups is 1. The Labute approximate surface area is 131 Å². The third-order valence-electron chi connectivity index (χ3n) is 2.72. The Balaban J connectivity index is 2.07. The van der Waals surface area contributed by atoms with Gasteiger partial charge in [0.1, 0.15) is 9.09 Å². The van der Waals surface area contributed by atoms with Crippen molar-refractivity contribution < 1.29 is 18.3 Å². The maximum atomic E-state index is 12.2. The number of carboxylic acids is 1. The highest BCUT2D eigenvalue weighted by Crippen LogP contribution is 2.22. The number of aryl methyl sites for hydroxylation is 1. The molecule has 0 aliphatic heterocycles. The molecule has 8 heteroatoms. The van der Waals surface area contributed by atoms with Gasteiger partial charge in [-0.1, -0.05) is 0 Å². The van der Waals surface area contributed by atoms with Crippen molar-refractivity contribution in [2.75, 3.05) is 0 Å². The Morgan fingerprint density at radius 3 is 2.52 bits per heavy atom. The average molecular weight is 345 g/mol. The first-order valence-corrected chi connectivity index (χ1v) is 9.30. The van der Waals surface area contributed by atoms with Crippen molar-refractivity contribution in [1.29, 1.82) is 0 Å². The van der Waals surface area contributed by atoms with E-state index >= 15 is 0 Å². The molecular weight excluding hydrogens is 330 g/mol. The van der Waals surface area contributed by atoms with Crippen LogP contribution in [-0.4, -0.2) is 25.5 Å². The first-order chi connectivity index (χ1) is 9.78. The summed E-state index contributed by atoms with van der Waals surface area (Å²) in [5, 5.41) is 8.84. The van der Waals surface area contributed by atoms with Crippen LogP contribution in [0.3, 0.4) is 0 Å². The van der Waals surface area contributed by atoms with E-state index < -0.39 is 16.0 Å². The molecule has 0 saturated carbocycles. The quantitative estimate of drug-likeness (QED) is 0.843. The van der Waals surface area contributed by atoms with E-state index in [4.69, 9.17) is 5.11 Å². The van der Waals surface area contributed by atoms with Gasteiger partial charge in [0.15, 0.2) is 0 Å². The van der Waals surface area contributed by atoms with Crippen LogP contribution in [0.1, 0.15) is 26.3 Å². The van der Waals surface area contributed by atoms with Gasteiger partial charge in [-0.2, -0.15) is 0 Å². The molecule has 2 aromatic rings. The van der Waals surface area contributed by atoms with E-state index in [2.05, 4.69) is 4.72 Å². The topological polar surface area (TPSA) is 83.5 Å². The molecule has 2 rings (SSSR count). The molecular formula is C13H15NO4S3. The van der Waals surface area contributed by atoms with Gasteiger partial charge in [-0.3, -0.25) is 0 Å². The summed E-state index contributed by atoms with van der Waals surface area (Å²) < 4.78 is 27.0. The van der Waals surface area contributed by atoms with Crippen molar-refractivity contribution in [1.82, 2.24) is 4.72 Å². The monoisotopic (exact) mass is 345 g/mol. The number of carboxylic acid groups (broad SMARTS) is 1. The third-order valence-corrected chi connectivity index (χ3v) is 6.89. The highest BCUT2D eigenvalue weighted by molar-refractivity contribution is 7.91. The first-order valence-electron chi connectivity index (χ1n) is 6.19. The normalized spacial score (nSPS) is 13.2. The Hall–Kier alpha value is -1.22. The van der Waals surface area contributed by atoms with E-state index in [0.717, 1.165) is 16.2 Å². The number of nitrogens with one attached hydrogen (secondary N) is 1. The van der Waals surface area contributed by atoms with Crippen LogP contribution in [0, 0.1) is 6.92 Å². The Morgan fingerprint density at radius 2 is 2.00 bits per heavy atom. The summed E-state index contributed by atoms with van der Waals surface area (Å²) in [6.07, 6.45) is 0.606. The smallest absolute Gasteiger partial charge is 0.345 e. The van der Waals surface area contributed by atoms with Crippen LogP contribution in [0.5, 0.6) is 0 Å². The zero-order valence-electron chi connectivity index (χ0n) is 11.5. The number of sulfonamides is 1. The number of aromatic carboxylic acids is 1. The molecule has 0 aromatic carbocycles. The van der Waals surface area contributed by atoms with Gasteiger partial charge >= 0.3 is 5.97 Å². The Kier molecular flexibility index (Phi) is 4.82. The maximum Gasteiger partial charge on any atom is 0.345 e. The van der Waals surface area contributed by atoms with Crippen molar-refractivity contribution in [2.24, 2.45) is 0 Å². The molecule has 0 saturated heterocycles. The predicted molar refractivity (Wildman–Crippen MR) is 83.8 cm³/mol. The summed E-state index contributed by atoms with van der Waals surface area (Å²) in [5.74, 6) is -1.12. The Morgan fingerprint density at radius 1 is 1.29 bits per heavy atom. The van der Waals surface area contributed by atoms with E-state index in [9.17, 15) is 13.2 Å². The van der Waals surface area contributed by atoms with Crippen LogP contribution in [-0.2, 0) is 16.4 Å². The van der Waals surface area contributed by atoms with Crippen LogP contribution in [0.2, 0.25) is 0 Å². The molecule has 0 aliphatic carbocycles. The highest BCUT2D eigenvalue weighted by atomic mass is 32.2. The molecule has 114 valence electrons. The van der Waals surface area contributed by atoms with Crippen LogP contribution in [0.4, 0.5) is 0 Å². The summed E-state index contributed by atoms with van der Waals surface area (Å²) in [6.45, 7) is 3.79. The van der Waals surface area contributed by atoms with Crippen molar-refractivity contribution in [3.05, 3.63) is 38.9 Å². The van der Waals surface area contributed by atoms with E-state index in [1.165, 1.54) is 17.0 Å². The van der Waals surface area contributed by atoms with Gasteiger partial charge in [-0.05, 0) is 44.5 Å². The minimum Gasteiger partial charge on any atom is -0.477 e. The molecule has 2 aromatic heterocycles. The molecule has 21 heavy (non-hydrogen) atoms. The minimum atomic E-state index is -3.68. The molecule has 1 unspecified atom stereocenters. The SMILES string of the molecule is Cc1ccc(CC(C)NS(=O)(=O)c2ccc(C(=O)O)s2)s1. The fourth-order valence-electron chi connectivity index (χ4n) is 1.84. The van der Waals surface area contributed by atoms with Gasteiger partial charge < -0.3 is 5.11 Å². The van der Waals surface area contributed by atoms with Gasteiger partial charge in [-0.25, -0.2) is 17.9 Å². The molecule has 0 fully saturated rings. The minimum absolute atomic E-state index is 0.0110. The summed E-state index contributed by atoms with van der Waals surface area (Å²) in [5.41, 5.74) is 0. The lowest BCUT2D eigenvalue weighted by molar-refractivity contribution is 0.0702. The predicted octanol–water partition coefficient (Wildman–Crippen LogP) is 2.73. The standard InChI is InChI=1S/C13H15NO4S3/c1-8(7-10-4-3-9(2)19-10)14-21(17,18)12-6-5-11(20-12)13(15)16/h3-6,8,14H,7H2,1-2H3,(H,15,16). The zero-order valence-corrected chi connectivity index (χ0v) is 13.9. The zero-order chi connectivity index (χ0) is 15.6. The second kappa shape index (κ2) is 6.27. The van der Waals surface area contributed by atoms with Gasteiger partial charge in [0.05, 0.1) is 0 Å². The summed E-state index contributed by atoms with van der Waals surface area (Å²) in [7, 11) is -3.68. The van der Waals surface area contributed by atoms with Crippen LogP contribution >= 0.6 is 22.7 Å². The molecule has 5 nitrogen and oxygen atoms in total. The van der Waals surface area contributed by atoms with Crippen LogP contribution < -0.4 is 4.72 Å². The van der Waals surface area contributed by atoms with Crippen molar-refractivity contribution in [2.45, 2.75) is 30.5 Å². The molecule has 1 atom stereocenters. The average Bonchev–Trinajstić information content (AvgIpc) is 2.97. The van der Waals surface area contributed by atoms with E-state index in [1.54, 1.807) is 18.3 Å². The maximum absolute atomic E-state index is 12.2. The molecule has 0 spiro atoms. The summed E-state index contributed by atoms with van der Waals surface area (Å²) >= 11 is 2.39. The Bertz CT molecular complexity index is 745. The molecule has 0 radical (unpaired) electrons. The van der Waals surface area contributed by atoms with Crippen molar-refractivity contribution in [3.63, 3.8) is 0 Å². The third kappa shape index (κ3) is 4.13. The molecule has 2 heterocycles. The second-order valence-electron chi connectivity index (χ2n) is 4.66. The largest absolute Gasteiger partial charge is 0.477 e. The van der Waals surface area contributed by atoms with Crippen molar-refractivity contribution in [3.8, 4) is 0 Å². The lowest BCUT2D eigenvalue weighted by Crippen LogP contribution is -2.33. The highest BCUT2D eigenvalue weighted by Gasteiger charge is 2.21. The van der Waals surface area contributed by atoms with Crippen molar-refractivity contribution >= 4 is 38.7 Å². The number of rotatable bonds is 6. The number of hydrogen-bond acceptors (Lipinski definition) is 5. The lowest BCUT2D eigenvalue weighted by Gasteiger charge is -2.12. The molecule has 0 amide bonds. The molecule has 2 N–H and O–H groups in total. The van der Waals surface area contributed by atoms with Crippen LogP contribution in [0.25, 0.3) is 0 Å². The fourth-order valence-corrected chi connectivity index (χ4v) is 5.26. The fraction of sp³-hybridized carbons (Fsp3) is 0.308. The molecule has 0 aliphatic rings. The van der Waals surface area contributed by atoms with Gasteiger partial charge in [0.25, 0.3) is 0 Å². The van der Waals surface area contributed by atoms with Crippen LogP contribution in [0.15, 0.2) is 28.5 Å². The number of thiophene rings is 2. The molecule has 0 bridgehead atoms.